The van der Waals surface area contributed by atoms with Gasteiger partial charge in [0.1, 0.15) is 0 Å². The molecule has 17 heavy (non-hydrogen) atoms. The lowest BCUT2D eigenvalue weighted by atomic mass is 10.1. The predicted octanol–water partition coefficient (Wildman–Crippen LogP) is 0.173. The highest BCUT2D eigenvalue weighted by atomic mass is 16.5. The third-order valence-corrected chi connectivity index (χ3v) is 2.41. The molecule has 90 valence electrons. The normalized spacial score (nSPS) is 10.5. The molecule has 0 aliphatic rings. The summed E-state index contributed by atoms with van der Waals surface area (Å²) in [6.07, 6.45) is 1.18. The van der Waals surface area contributed by atoms with E-state index in [9.17, 15) is 10.3 Å². The van der Waals surface area contributed by atoms with Gasteiger partial charge in [0.05, 0.1) is 19.9 Å². The molecule has 1 aromatic carbocycles. The number of aromatic hydroxyl groups is 1. The number of rotatable bonds is 2. The average Bonchev–Trinajstić information content (AvgIpc) is 2.33. The van der Waals surface area contributed by atoms with Crippen LogP contribution in [0.15, 0.2) is 12.3 Å². The summed E-state index contributed by atoms with van der Waals surface area (Å²) in [4.78, 5) is 0.327. The van der Waals surface area contributed by atoms with Crippen LogP contribution in [0.2, 0.25) is 0 Å². The Bertz CT molecular complexity index is 586. The summed E-state index contributed by atoms with van der Waals surface area (Å²) in [6.45, 7) is 0. The van der Waals surface area contributed by atoms with E-state index in [1.807, 2.05) is 0 Å². The molecule has 2 aromatic rings. The molecular formula is C10H11N3O4. The first-order valence-electron chi connectivity index (χ1n) is 4.72. The zero-order valence-electron chi connectivity index (χ0n) is 9.30. The lowest BCUT2D eigenvalue weighted by Gasteiger charge is -2.13. The minimum atomic E-state index is -0.279. The van der Waals surface area contributed by atoms with Gasteiger partial charge in [-0.25, -0.2) is 0 Å². The molecule has 0 saturated heterocycles. The van der Waals surface area contributed by atoms with Crippen LogP contribution in [0.25, 0.3) is 10.9 Å². The molecule has 1 aromatic heterocycles. The highest BCUT2D eigenvalue weighted by Crippen LogP contribution is 2.46. The Morgan fingerprint density at radius 2 is 2.00 bits per heavy atom. The van der Waals surface area contributed by atoms with Crippen molar-refractivity contribution < 1.29 is 19.4 Å². The van der Waals surface area contributed by atoms with Crippen molar-refractivity contribution in [3.8, 4) is 17.2 Å². The summed E-state index contributed by atoms with van der Waals surface area (Å²) in [5, 5.41) is 25.1. The molecule has 1 heterocycles. The summed E-state index contributed by atoms with van der Waals surface area (Å²) in [6, 6.07) is 1.45. The third-order valence-electron chi connectivity index (χ3n) is 2.41. The van der Waals surface area contributed by atoms with Crippen molar-refractivity contribution in [2.75, 3.05) is 20.0 Å². The van der Waals surface area contributed by atoms with Crippen molar-refractivity contribution in [3.63, 3.8) is 0 Å². The second-order valence-corrected chi connectivity index (χ2v) is 3.31. The Hall–Kier alpha value is -2.44. The smallest absolute Gasteiger partial charge is 0.210 e. The van der Waals surface area contributed by atoms with Gasteiger partial charge in [0.25, 0.3) is 0 Å². The number of aromatic nitrogens is 2. The molecule has 0 aliphatic carbocycles. The zero-order valence-corrected chi connectivity index (χ0v) is 9.30. The van der Waals surface area contributed by atoms with Gasteiger partial charge >= 0.3 is 0 Å². The topological polar surface area (TPSA) is 105 Å². The van der Waals surface area contributed by atoms with Crippen LogP contribution in [0.3, 0.4) is 0 Å². The van der Waals surface area contributed by atoms with Crippen LogP contribution in [0.4, 0.5) is 5.69 Å². The number of fused-ring (bicyclic) bond motifs is 1. The van der Waals surface area contributed by atoms with Crippen LogP contribution in [-0.4, -0.2) is 24.4 Å². The highest BCUT2D eigenvalue weighted by Gasteiger charge is 2.21. The molecule has 3 N–H and O–H groups in total. The Morgan fingerprint density at radius 3 is 2.59 bits per heavy atom. The van der Waals surface area contributed by atoms with Gasteiger partial charge in [0.15, 0.2) is 17.0 Å². The number of phenolic OH excluding ortho intramolecular Hbond substituents is 1. The minimum Gasteiger partial charge on any atom is -0.594 e. The van der Waals surface area contributed by atoms with Crippen molar-refractivity contribution in [3.05, 3.63) is 17.5 Å². The van der Waals surface area contributed by atoms with E-state index in [4.69, 9.17) is 15.2 Å². The van der Waals surface area contributed by atoms with E-state index in [-0.39, 0.29) is 28.5 Å². The van der Waals surface area contributed by atoms with Gasteiger partial charge in [-0.1, -0.05) is 4.85 Å². The van der Waals surface area contributed by atoms with E-state index in [0.29, 0.717) is 10.2 Å². The first kappa shape index (κ1) is 11.1. The third kappa shape index (κ3) is 1.52. The molecule has 0 saturated carbocycles. The van der Waals surface area contributed by atoms with E-state index >= 15 is 0 Å². The molecule has 0 unspecified atom stereocenters. The molecule has 2 rings (SSSR count). The zero-order chi connectivity index (χ0) is 12.6. The predicted molar refractivity (Wildman–Crippen MR) is 59.9 cm³/mol. The molecule has 0 bridgehead atoms. The minimum absolute atomic E-state index is 0.0520. The Labute approximate surface area is 96.6 Å². The number of nitrogens with zero attached hydrogens (tertiary/aromatic N) is 2. The van der Waals surface area contributed by atoms with Crippen molar-refractivity contribution in [2.24, 2.45) is 0 Å². The summed E-state index contributed by atoms with van der Waals surface area (Å²) in [5.41, 5.74) is 6.18. The van der Waals surface area contributed by atoms with E-state index in [1.165, 1.54) is 26.5 Å². The molecule has 0 radical (unpaired) electrons. The SMILES string of the molecule is COc1c(OC)c(O)c2n[n+]([O-])ccc2c1N. The second kappa shape index (κ2) is 3.85. The molecule has 7 heteroatoms. The summed E-state index contributed by atoms with van der Waals surface area (Å²) < 4.78 is 10.1. The number of hydrogen-bond acceptors (Lipinski definition) is 6. The highest BCUT2D eigenvalue weighted by molar-refractivity contribution is 5.99. The van der Waals surface area contributed by atoms with Gasteiger partial charge in [0.2, 0.25) is 11.9 Å². The fourth-order valence-electron chi connectivity index (χ4n) is 1.65. The monoisotopic (exact) mass is 237 g/mol. The first-order valence-corrected chi connectivity index (χ1v) is 4.72. The molecule has 0 amide bonds. The van der Waals surface area contributed by atoms with Crippen molar-refractivity contribution in [1.29, 1.82) is 0 Å². The molecule has 0 fully saturated rings. The lowest BCUT2D eigenvalue weighted by molar-refractivity contribution is -0.666. The molecule has 0 spiro atoms. The number of nitrogen functional groups attached to an aromatic ring is 1. The molecular weight excluding hydrogens is 226 g/mol. The maximum Gasteiger partial charge on any atom is 0.210 e. The fourth-order valence-corrected chi connectivity index (χ4v) is 1.65. The maximum atomic E-state index is 11.1. The standard InChI is InChI=1S/C10H11N3O4/c1-16-9-6(11)5-3-4-13(15)12-7(5)8(14)10(9)17-2/h3-4,14H,11H2,1-2H3. The van der Waals surface area contributed by atoms with Crippen molar-refractivity contribution in [2.45, 2.75) is 0 Å². The number of phenols is 1. The number of nitrogens with two attached hydrogens (primary N) is 1. The summed E-state index contributed by atoms with van der Waals surface area (Å²) in [5.74, 6) is -0.0158. The van der Waals surface area contributed by atoms with E-state index in [2.05, 4.69) is 5.10 Å². The second-order valence-electron chi connectivity index (χ2n) is 3.31. The summed E-state index contributed by atoms with van der Waals surface area (Å²) >= 11 is 0. The van der Waals surface area contributed by atoms with Gasteiger partial charge in [-0.3, -0.25) is 0 Å². The molecule has 0 aliphatic heterocycles. The quantitative estimate of drug-likeness (QED) is 0.334. The number of ether oxygens (including phenoxy) is 2. The van der Waals surface area contributed by atoms with Crippen LogP contribution in [0.5, 0.6) is 17.2 Å². The maximum absolute atomic E-state index is 11.1. The van der Waals surface area contributed by atoms with Crippen LogP contribution in [0, 0.1) is 5.21 Å². The number of benzene rings is 1. The van der Waals surface area contributed by atoms with Gasteiger partial charge in [-0.2, -0.15) is 0 Å². The Balaban J connectivity index is 2.94. The van der Waals surface area contributed by atoms with Crippen molar-refractivity contribution >= 4 is 16.6 Å². The largest absolute Gasteiger partial charge is 0.594 e. The van der Waals surface area contributed by atoms with Crippen LogP contribution < -0.4 is 20.1 Å². The van der Waals surface area contributed by atoms with E-state index < -0.39 is 0 Å². The van der Waals surface area contributed by atoms with Crippen LogP contribution in [0.1, 0.15) is 0 Å². The van der Waals surface area contributed by atoms with E-state index in [0.717, 1.165) is 0 Å². The Morgan fingerprint density at radius 1 is 1.35 bits per heavy atom. The molecule has 0 atom stereocenters. The van der Waals surface area contributed by atoms with E-state index in [1.54, 1.807) is 0 Å². The van der Waals surface area contributed by atoms with Gasteiger partial charge in [-0.15, -0.1) is 0 Å². The van der Waals surface area contributed by atoms with Gasteiger partial charge in [0, 0.05) is 16.6 Å². The molecule has 7 nitrogen and oxygen atoms in total. The lowest BCUT2D eigenvalue weighted by Crippen LogP contribution is -2.29. The van der Waals surface area contributed by atoms with Gasteiger partial charge < -0.3 is 25.5 Å². The average molecular weight is 237 g/mol. The van der Waals surface area contributed by atoms with Crippen molar-refractivity contribution in [1.82, 2.24) is 5.10 Å². The number of hydrogen-bond donors (Lipinski definition) is 2. The van der Waals surface area contributed by atoms with Crippen LogP contribution in [-0.2, 0) is 0 Å². The van der Waals surface area contributed by atoms with Crippen LogP contribution >= 0.6 is 0 Å². The van der Waals surface area contributed by atoms with Gasteiger partial charge in [-0.05, 0) is 0 Å². The number of methoxy groups -OCH3 is 2. The Kier molecular flexibility index (Phi) is 2.51. The summed E-state index contributed by atoms with van der Waals surface area (Å²) in [7, 11) is 2.76. The number of anilines is 1. The fraction of sp³-hybridized carbons (Fsp3) is 0.200. The first-order chi connectivity index (χ1) is 8.10.